The number of rotatable bonds is 3. The molecule has 0 heterocycles. The molecule has 1 atom stereocenters. The van der Waals surface area contributed by atoms with Crippen LogP contribution >= 0.6 is 0 Å². The minimum Gasteiger partial charge on any atom is -0.244 e. The van der Waals surface area contributed by atoms with Crippen LogP contribution in [-0.4, -0.2) is 10.5 Å². The van der Waals surface area contributed by atoms with Crippen molar-refractivity contribution in [2.45, 2.75) is 18.2 Å². The van der Waals surface area contributed by atoms with Crippen LogP contribution < -0.4 is 0 Å². The Balaban J connectivity index is 2.53. The summed E-state index contributed by atoms with van der Waals surface area (Å²) in [6.45, 7) is 1.90. The van der Waals surface area contributed by atoms with E-state index in [2.05, 4.69) is 4.36 Å². The molecule has 0 aromatic heterocycles. The van der Waals surface area contributed by atoms with E-state index in [9.17, 15) is 8.60 Å². The molecule has 2 aromatic rings. The van der Waals surface area contributed by atoms with Crippen LogP contribution in [0.2, 0.25) is 0 Å². The van der Waals surface area contributed by atoms with Crippen molar-refractivity contribution in [3.63, 3.8) is 0 Å². The van der Waals surface area contributed by atoms with E-state index in [1.807, 2.05) is 19.1 Å². The molecule has 1 unspecified atom stereocenters. The maximum Gasteiger partial charge on any atom is 0.214 e. The highest BCUT2D eigenvalue weighted by atomic mass is 32.2. The molecule has 0 saturated heterocycles. The lowest BCUT2D eigenvalue weighted by Gasteiger charge is -2.08. The molecule has 0 radical (unpaired) electrons. The second kappa shape index (κ2) is 6.06. The molecule has 0 aliphatic heterocycles. The number of nitriles is 1. The number of benzene rings is 2. The molecule has 0 amide bonds. The first-order valence-corrected chi connectivity index (χ1v) is 8.39. The summed E-state index contributed by atoms with van der Waals surface area (Å²) in [6.07, 6.45) is 3.63. The van der Waals surface area contributed by atoms with E-state index < -0.39 is 9.73 Å². The van der Waals surface area contributed by atoms with Gasteiger partial charge in [0.1, 0.15) is 5.82 Å². The number of halogens is 1. The Bertz CT molecular complexity index is 830. The number of aryl methyl sites for hydroxylation is 1. The maximum atomic E-state index is 13.9. The second-order valence-electron chi connectivity index (χ2n) is 4.68. The fourth-order valence-electron chi connectivity index (χ4n) is 2.06. The monoisotopic (exact) mass is 302 g/mol. The molecule has 0 aliphatic carbocycles. The van der Waals surface area contributed by atoms with Crippen LogP contribution in [0.1, 0.15) is 12.5 Å². The van der Waals surface area contributed by atoms with Gasteiger partial charge in [-0.25, -0.2) is 8.60 Å². The highest BCUT2D eigenvalue weighted by Gasteiger charge is 2.09. The van der Waals surface area contributed by atoms with Crippen molar-refractivity contribution in [2.75, 3.05) is 6.26 Å². The largest absolute Gasteiger partial charge is 0.244 e. The van der Waals surface area contributed by atoms with Crippen molar-refractivity contribution in [1.29, 1.82) is 5.26 Å². The van der Waals surface area contributed by atoms with Gasteiger partial charge in [0.25, 0.3) is 0 Å². The summed E-state index contributed by atoms with van der Waals surface area (Å²) in [4.78, 5) is 0.460. The zero-order valence-corrected chi connectivity index (χ0v) is 12.7. The highest BCUT2D eigenvalue weighted by Crippen LogP contribution is 2.25. The molecule has 5 heteroatoms. The van der Waals surface area contributed by atoms with Gasteiger partial charge in [0.2, 0.25) is 6.19 Å². The zero-order chi connectivity index (χ0) is 15.5. The third kappa shape index (κ3) is 3.29. The van der Waals surface area contributed by atoms with Gasteiger partial charge in [-0.3, -0.25) is 0 Å². The van der Waals surface area contributed by atoms with Crippen LogP contribution in [0.4, 0.5) is 4.39 Å². The van der Waals surface area contributed by atoms with Crippen molar-refractivity contribution in [2.24, 2.45) is 4.36 Å². The van der Waals surface area contributed by atoms with Gasteiger partial charge >= 0.3 is 0 Å². The van der Waals surface area contributed by atoms with Crippen LogP contribution in [0.25, 0.3) is 11.1 Å². The fourth-order valence-corrected chi connectivity index (χ4v) is 2.99. The van der Waals surface area contributed by atoms with E-state index in [-0.39, 0.29) is 5.82 Å². The van der Waals surface area contributed by atoms with E-state index in [0.717, 1.165) is 5.56 Å². The first kappa shape index (κ1) is 15.2. The molecule has 21 heavy (non-hydrogen) atoms. The highest BCUT2D eigenvalue weighted by molar-refractivity contribution is 7.93. The van der Waals surface area contributed by atoms with E-state index in [1.54, 1.807) is 30.5 Å². The summed E-state index contributed by atoms with van der Waals surface area (Å²) < 4.78 is 29.6. The van der Waals surface area contributed by atoms with Gasteiger partial charge in [-0.15, -0.1) is 4.36 Å². The molecule has 108 valence electrons. The Morgan fingerprint density at radius 1 is 1.24 bits per heavy atom. The molecule has 0 fully saturated rings. The lowest BCUT2D eigenvalue weighted by molar-refractivity contribution is 0.613. The summed E-state index contributed by atoms with van der Waals surface area (Å²) in [5, 5.41) is 8.60. The third-order valence-corrected chi connectivity index (χ3v) is 4.81. The van der Waals surface area contributed by atoms with Crippen LogP contribution in [0.3, 0.4) is 0 Å². The van der Waals surface area contributed by atoms with Crippen molar-refractivity contribution in [3.8, 4) is 17.3 Å². The summed E-state index contributed by atoms with van der Waals surface area (Å²) in [7, 11) is -2.74. The van der Waals surface area contributed by atoms with Crippen LogP contribution in [0.5, 0.6) is 0 Å². The Kier molecular flexibility index (Phi) is 4.39. The molecule has 0 aliphatic rings. The Morgan fingerprint density at radius 3 is 2.57 bits per heavy atom. The van der Waals surface area contributed by atoms with Crippen LogP contribution in [0, 0.1) is 17.3 Å². The predicted octanol–water partition coefficient (Wildman–Crippen LogP) is 3.99. The van der Waals surface area contributed by atoms with Crippen molar-refractivity contribution in [1.82, 2.24) is 0 Å². The van der Waals surface area contributed by atoms with Crippen molar-refractivity contribution < 1.29 is 8.60 Å². The van der Waals surface area contributed by atoms with Gasteiger partial charge < -0.3 is 0 Å². The fraction of sp³-hybridized carbons (Fsp3) is 0.188. The second-order valence-corrected chi connectivity index (χ2v) is 6.94. The standard InChI is InChI=1S/C16H15FN2OS/c1-3-12-7-8-14(10-16(12)17)13-5-4-6-15(9-13)21(2,20)19-11-18/h4-10H,3H2,1-2H3. The van der Waals surface area contributed by atoms with E-state index in [0.29, 0.717) is 22.4 Å². The molecular formula is C16H15FN2OS. The van der Waals surface area contributed by atoms with E-state index >= 15 is 0 Å². The molecular weight excluding hydrogens is 287 g/mol. The summed E-state index contributed by atoms with van der Waals surface area (Å²) in [5.41, 5.74) is 2.11. The lowest BCUT2D eigenvalue weighted by Crippen LogP contribution is -1.97. The minimum atomic E-state index is -2.74. The molecule has 0 saturated carbocycles. The Labute approximate surface area is 124 Å². The summed E-state index contributed by atoms with van der Waals surface area (Å²) in [5.74, 6) is -0.251. The first-order chi connectivity index (χ1) is 9.97. The number of hydrogen-bond acceptors (Lipinski definition) is 3. The van der Waals surface area contributed by atoms with Gasteiger partial charge in [-0.2, -0.15) is 5.26 Å². The van der Waals surface area contributed by atoms with Gasteiger partial charge in [0.15, 0.2) is 0 Å². The number of nitrogens with zero attached hydrogens (tertiary/aromatic N) is 2. The van der Waals surface area contributed by atoms with Gasteiger partial charge in [0, 0.05) is 11.2 Å². The third-order valence-electron chi connectivity index (χ3n) is 3.25. The molecule has 0 bridgehead atoms. The topological polar surface area (TPSA) is 53.2 Å². The Morgan fingerprint density at radius 2 is 1.95 bits per heavy atom. The van der Waals surface area contributed by atoms with E-state index in [4.69, 9.17) is 5.26 Å². The minimum absolute atomic E-state index is 0.251. The van der Waals surface area contributed by atoms with Gasteiger partial charge in [-0.1, -0.05) is 31.2 Å². The molecule has 3 nitrogen and oxygen atoms in total. The zero-order valence-electron chi connectivity index (χ0n) is 11.8. The molecule has 0 N–H and O–H groups in total. The SMILES string of the molecule is CCc1ccc(-c2cccc(S(C)(=O)=NC#N)c2)cc1F. The molecule has 0 spiro atoms. The van der Waals surface area contributed by atoms with Crippen LogP contribution in [0.15, 0.2) is 51.7 Å². The Hall–Kier alpha value is -2.19. The van der Waals surface area contributed by atoms with Gasteiger partial charge in [0.05, 0.1) is 9.73 Å². The lowest BCUT2D eigenvalue weighted by atomic mass is 10.0. The average molecular weight is 302 g/mol. The van der Waals surface area contributed by atoms with Gasteiger partial charge in [-0.05, 0) is 41.3 Å². The quantitative estimate of drug-likeness (QED) is 0.805. The van der Waals surface area contributed by atoms with Crippen LogP contribution in [-0.2, 0) is 16.1 Å². The molecule has 2 rings (SSSR count). The van der Waals surface area contributed by atoms with Crippen molar-refractivity contribution in [3.05, 3.63) is 53.8 Å². The smallest absolute Gasteiger partial charge is 0.214 e. The average Bonchev–Trinajstić information content (AvgIpc) is 2.47. The summed E-state index contributed by atoms with van der Waals surface area (Å²) >= 11 is 0. The number of hydrogen-bond donors (Lipinski definition) is 0. The summed E-state index contributed by atoms with van der Waals surface area (Å²) in [6, 6.07) is 11.9. The first-order valence-electron chi connectivity index (χ1n) is 6.47. The maximum absolute atomic E-state index is 13.9. The van der Waals surface area contributed by atoms with E-state index in [1.165, 1.54) is 12.3 Å². The molecule has 2 aromatic carbocycles. The normalized spacial score (nSPS) is 13.2. The predicted molar refractivity (Wildman–Crippen MR) is 81.6 cm³/mol. The van der Waals surface area contributed by atoms with Crippen molar-refractivity contribution >= 4 is 9.73 Å².